The average molecular weight is 291 g/mol. The van der Waals surface area contributed by atoms with Crippen molar-refractivity contribution in [3.63, 3.8) is 0 Å². The molecule has 21 heavy (non-hydrogen) atoms. The molecule has 0 saturated carbocycles. The molecule has 0 spiro atoms. The number of hydrogen-bond acceptors (Lipinski definition) is 3. The smallest absolute Gasteiger partial charge is 0.311 e. The number of aryl methyl sites for hydroxylation is 1. The molecule has 1 amide bonds. The highest BCUT2D eigenvalue weighted by molar-refractivity contribution is 5.92. The normalized spacial score (nSPS) is 22.4. The van der Waals surface area contributed by atoms with Crippen LogP contribution in [-0.4, -0.2) is 35.0 Å². The minimum atomic E-state index is -0.829. The first kappa shape index (κ1) is 15.4. The molecule has 1 aliphatic heterocycles. The average Bonchev–Trinajstić information content (AvgIpc) is 3.03. The van der Waals surface area contributed by atoms with Gasteiger partial charge in [-0.15, -0.1) is 0 Å². The van der Waals surface area contributed by atoms with Crippen LogP contribution >= 0.6 is 0 Å². The number of likely N-dealkylation sites (tertiary alicyclic amines) is 1. The van der Waals surface area contributed by atoms with Crippen molar-refractivity contribution in [2.75, 3.05) is 13.1 Å². The maximum Gasteiger partial charge on any atom is 0.311 e. The highest BCUT2D eigenvalue weighted by Gasteiger charge is 2.48. The van der Waals surface area contributed by atoms with E-state index in [1.54, 1.807) is 17.0 Å². The summed E-state index contributed by atoms with van der Waals surface area (Å²) < 4.78 is 5.36. The van der Waals surface area contributed by atoms with E-state index in [0.29, 0.717) is 18.7 Å². The van der Waals surface area contributed by atoms with Gasteiger partial charge in [-0.05, 0) is 37.5 Å². The Morgan fingerprint density at radius 1 is 1.43 bits per heavy atom. The van der Waals surface area contributed by atoms with Gasteiger partial charge in [-0.25, -0.2) is 0 Å². The summed E-state index contributed by atoms with van der Waals surface area (Å²) in [6, 6.07) is 3.62. The third kappa shape index (κ3) is 3.01. The largest absolute Gasteiger partial charge is 0.481 e. The molecule has 1 N–H and O–H groups in total. The van der Waals surface area contributed by atoms with E-state index in [0.717, 1.165) is 5.76 Å². The van der Waals surface area contributed by atoms with Crippen molar-refractivity contribution in [2.24, 2.45) is 11.3 Å². The molecule has 0 radical (unpaired) electrons. The summed E-state index contributed by atoms with van der Waals surface area (Å²) in [6.45, 7) is 6.36. The van der Waals surface area contributed by atoms with Gasteiger partial charge in [0.25, 0.3) is 0 Å². The Labute approximate surface area is 124 Å². The second kappa shape index (κ2) is 5.76. The predicted molar refractivity (Wildman–Crippen MR) is 78.6 cm³/mol. The van der Waals surface area contributed by atoms with Gasteiger partial charge in [0.15, 0.2) is 0 Å². The summed E-state index contributed by atoms with van der Waals surface area (Å²) in [6.07, 6.45) is 3.56. The molecule has 1 saturated heterocycles. The van der Waals surface area contributed by atoms with Crippen LogP contribution in [0.4, 0.5) is 0 Å². The van der Waals surface area contributed by atoms with E-state index in [1.807, 2.05) is 26.8 Å². The Morgan fingerprint density at radius 2 is 2.14 bits per heavy atom. The summed E-state index contributed by atoms with van der Waals surface area (Å²) in [5.74, 6) is 0.400. The van der Waals surface area contributed by atoms with Gasteiger partial charge in [0, 0.05) is 19.2 Å². The fraction of sp³-hybridized carbons (Fsp3) is 0.500. The number of aliphatic carboxylic acids is 1. The summed E-state index contributed by atoms with van der Waals surface area (Å²) in [7, 11) is 0. The number of furan rings is 1. The van der Waals surface area contributed by atoms with E-state index < -0.39 is 11.4 Å². The van der Waals surface area contributed by atoms with Crippen LogP contribution in [0.2, 0.25) is 0 Å². The molecule has 1 unspecified atom stereocenters. The van der Waals surface area contributed by atoms with Gasteiger partial charge in [-0.2, -0.15) is 0 Å². The third-order valence-electron chi connectivity index (χ3n) is 4.29. The number of carbonyl (C=O) groups excluding carboxylic acids is 1. The number of amides is 1. The van der Waals surface area contributed by atoms with Crippen molar-refractivity contribution in [3.05, 3.63) is 29.7 Å². The fourth-order valence-corrected chi connectivity index (χ4v) is 2.72. The lowest BCUT2D eigenvalue weighted by molar-refractivity contribution is -0.151. The van der Waals surface area contributed by atoms with Gasteiger partial charge < -0.3 is 14.4 Å². The number of carboxylic acids is 1. The van der Waals surface area contributed by atoms with Gasteiger partial charge in [0.1, 0.15) is 11.5 Å². The Hall–Kier alpha value is -2.04. The number of carbonyl (C=O) groups is 2. The van der Waals surface area contributed by atoms with Crippen molar-refractivity contribution >= 4 is 18.0 Å². The van der Waals surface area contributed by atoms with Crippen LogP contribution < -0.4 is 0 Å². The van der Waals surface area contributed by atoms with E-state index in [9.17, 15) is 14.7 Å². The molecular weight excluding hydrogens is 270 g/mol. The van der Waals surface area contributed by atoms with E-state index >= 15 is 0 Å². The van der Waals surface area contributed by atoms with E-state index in [4.69, 9.17) is 4.42 Å². The van der Waals surface area contributed by atoms with Crippen LogP contribution in [0.25, 0.3) is 6.08 Å². The van der Waals surface area contributed by atoms with Gasteiger partial charge in [-0.1, -0.05) is 13.8 Å². The molecule has 2 rings (SSSR count). The van der Waals surface area contributed by atoms with Gasteiger partial charge in [0.05, 0.1) is 5.41 Å². The number of rotatable bonds is 4. The minimum Gasteiger partial charge on any atom is -0.481 e. The zero-order valence-corrected chi connectivity index (χ0v) is 12.6. The van der Waals surface area contributed by atoms with Crippen molar-refractivity contribution in [1.29, 1.82) is 0 Å². The number of nitrogens with zero attached hydrogens (tertiary/aromatic N) is 1. The maximum absolute atomic E-state index is 12.2. The van der Waals surface area contributed by atoms with E-state index in [-0.39, 0.29) is 18.4 Å². The molecule has 2 heterocycles. The molecular formula is C16H21NO4. The van der Waals surface area contributed by atoms with E-state index in [1.165, 1.54) is 6.08 Å². The number of carboxylic acid groups (broad SMARTS) is 1. The summed E-state index contributed by atoms with van der Waals surface area (Å²) in [5.41, 5.74) is -0.829. The molecule has 114 valence electrons. The van der Waals surface area contributed by atoms with Gasteiger partial charge >= 0.3 is 5.97 Å². The molecule has 1 aliphatic rings. The van der Waals surface area contributed by atoms with Crippen LogP contribution in [0.5, 0.6) is 0 Å². The zero-order chi connectivity index (χ0) is 15.6. The Morgan fingerprint density at radius 3 is 2.62 bits per heavy atom. The molecule has 0 aliphatic carbocycles. The molecule has 0 aromatic carbocycles. The topological polar surface area (TPSA) is 70.8 Å². The van der Waals surface area contributed by atoms with Crippen LogP contribution in [0.15, 0.2) is 22.6 Å². The third-order valence-corrected chi connectivity index (χ3v) is 4.29. The van der Waals surface area contributed by atoms with Crippen molar-refractivity contribution in [1.82, 2.24) is 4.90 Å². The summed E-state index contributed by atoms with van der Waals surface area (Å²) in [5, 5.41) is 9.47. The van der Waals surface area contributed by atoms with Gasteiger partial charge in [0.2, 0.25) is 5.91 Å². The lowest BCUT2D eigenvalue weighted by atomic mass is 9.76. The SMILES string of the molecule is Cc1ccc(/C=C/C(=O)N2CCC(C(=O)O)(C(C)C)C2)o1. The van der Waals surface area contributed by atoms with Gasteiger partial charge in [-0.3, -0.25) is 9.59 Å². The highest BCUT2D eigenvalue weighted by Crippen LogP contribution is 2.38. The van der Waals surface area contributed by atoms with Crippen LogP contribution in [-0.2, 0) is 9.59 Å². The van der Waals surface area contributed by atoms with Crippen LogP contribution in [0.1, 0.15) is 31.8 Å². The lowest BCUT2D eigenvalue weighted by Crippen LogP contribution is -2.40. The molecule has 5 nitrogen and oxygen atoms in total. The molecule has 1 fully saturated rings. The highest BCUT2D eigenvalue weighted by atomic mass is 16.4. The van der Waals surface area contributed by atoms with Crippen LogP contribution in [0.3, 0.4) is 0 Å². The summed E-state index contributed by atoms with van der Waals surface area (Å²) in [4.78, 5) is 25.3. The standard InChI is InChI=1S/C16H21NO4/c1-11(2)16(15(19)20)8-9-17(10-16)14(18)7-6-13-5-4-12(3)21-13/h4-7,11H,8-10H2,1-3H3,(H,19,20)/b7-6+. The Balaban J connectivity index is 2.05. The first-order valence-corrected chi connectivity index (χ1v) is 7.12. The van der Waals surface area contributed by atoms with Crippen molar-refractivity contribution < 1.29 is 19.1 Å². The maximum atomic E-state index is 12.2. The molecule has 1 atom stereocenters. The first-order valence-electron chi connectivity index (χ1n) is 7.12. The van der Waals surface area contributed by atoms with E-state index in [2.05, 4.69) is 0 Å². The molecule has 1 aromatic rings. The van der Waals surface area contributed by atoms with Crippen LogP contribution in [0, 0.1) is 18.3 Å². The van der Waals surface area contributed by atoms with Crippen molar-refractivity contribution in [2.45, 2.75) is 27.2 Å². The minimum absolute atomic E-state index is 0.00972. The first-order chi connectivity index (χ1) is 9.85. The number of hydrogen-bond donors (Lipinski definition) is 1. The Bertz CT molecular complexity index is 573. The molecule has 0 bridgehead atoms. The Kier molecular flexibility index (Phi) is 4.21. The predicted octanol–water partition coefficient (Wildman–Crippen LogP) is 2.56. The molecule has 1 aromatic heterocycles. The monoisotopic (exact) mass is 291 g/mol. The lowest BCUT2D eigenvalue weighted by Gasteiger charge is -2.28. The van der Waals surface area contributed by atoms with Crippen molar-refractivity contribution in [3.8, 4) is 0 Å². The quantitative estimate of drug-likeness (QED) is 0.865. The zero-order valence-electron chi connectivity index (χ0n) is 12.6. The molecule has 5 heteroatoms. The second-order valence-electron chi connectivity index (χ2n) is 5.91. The second-order valence-corrected chi connectivity index (χ2v) is 5.91. The fourth-order valence-electron chi connectivity index (χ4n) is 2.72. The summed E-state index contributed by atoms with van der Waals surface area (Å²) >= 11 is 0.